The molecular weight excluding hydrogens is 308 g/mol. The second kappa shape index (κ2) is 5.76. The minimum atomic E-state index is 0.553. The summed E-state index contributed by atoms with van der Waals surface area (Å²) >= 11 is 6.91. The highest BCUT2D eigenvalue weighted by atomic mass is 79.9. The number of hydrogen-bond acceptors (Lipinski definition) is 1. The van der Waals surface area contributed by atoms with Gasteiger partial charge in [0.15, 0.2) is 0 Å². The normalized spacial score (nSPS) is 10.6. The molecule has 0 aliphatic heterocycles. The molecule has 0 saturated heterocycles. The lowest BCUT2D eigenvalue weighted by atomic mass is 10.2. The summed E-state index contributed by atoms with van der Waals surface area (Å²) in [6.45, 7) is 5.04. The molecule has 0 saturated carbocycles. The molecular formula is C11H14Br2O. The van der Waals surface area contributed by atoms with Crippen molar-refractivity contribution in [1.29, 1.82) is 0 Å². The number of benzene rings is 1. The molecule has 1 nitrogen and oxygen atoms in total. The molecule has 14 heavy (non-hydrogen) atoms. The van der Waals surface area contributed by atoms with Gasteiger partial charge in [0, 0.05) is 5.33 Å². The van der Waals surface area contributed by atoms with E-state index in [1.807, 2.05) is 6.07 Å². The van der Waals surface area contributed by atoms with E-state index in [4.69, 9.17) is 4.74 Å². The van der Waals surface area contributed by atoms with Gasteiger partial charge in [-0.25, -0.2) is 0 Å². The van der Waals surface area contributed by atoms with Gasteiger partial charge in [-0.3, -0.25) is 0 Å². The Bertz CT molecular complexity index is 297. The average Bonchev–Trinajstić information content (AvgIpc) is 2.15. The fourth-order valence-corrected chi connectivity index (χ4v) is 1.89. The molecule has 0 spiro atoms. The second-order valence-electron chi connectivity index (χ2n) is 3.60. The van der Waals surface area contributed by atoms with Crippen LogP contribution in [0.2, 0.25) is 0 Å². The van der Waals surface area contributed by atoms with E-state index < -0.39 is 0 Å². The van der Waals surface area contributed by atoms with Crippen molar-refractivity contribution in [1.82, 2.24) is 0 Å². The lowest BCUT2D eigenvalue weighted by Crippen LogP contribution is -2.04. The molecule has 0 unspecified atom stereocenters. The standard InChI is InChI=1S/C11H14Br2O/c1-8(2)7-14-11-4-3-9(6-12)5-10(11)13/h3-5,8H,6-7H2,1-2H3. The molecule has 0 heterocycles. The third-order valence-corrected chi connectivity index (χ3v) is 2.99. The summed E-state index contributed by atoms with van der Waals surface area (Å²) in [7, 11) is 0. The van der Waals surface area contributed by atoms with Gasteiger partial charge in [-0.05, 0) is 39.5 Å². The number of hydrogen-bond donors (Lipinski definition) is 0. The van der Waals surface area contributed by atoms with E-state index in [1.54, 1.807) is 0 Å². The Balaban J connectivity index is 2.69. The average molecular weight is 322 g/mol. The number of rotatable bonds is 4. The summed E-state index contributed by atoms with van der Waals surface area (Å²) in [6.07, 6.45) is 0. The van der Waals surface area contributed by atoms with Gasteiger partial charge < -0.3 is 4.74 Å². The highest BCUT2D eigenvalue weighted by molar-refractivity contribution is 9.10. The first-order valence-electron chi connectivity index (χ1n) is 4.60. The van der Waals surface area contributed by atoms with Crippen LogP contribution in [0.3, 0.4) is 0 Å². The van der Waals surface area contributed by atoms with Crippen molar-refractivity contribution in [2.45, 2.75) is 19.2 Å². The highest BCUT2D eigenvalue weighted by Crippen LogP contribution is 2.27. The smallest absolute Gasteiger partial charge is 0.133 e. The molecule has 3 heteroatoms. The predicted molar refractivity (Wildman–Crippen MR) is 67.1 cm³/mol. The lowest BCUT2D eigenvalue weighted by Gasteiger charge is -2.10. The quantitative estimate of drug-likeness (QED) is 0.748. The molecule has 0 radical (unpaired) electrons. The van der Waals surface area contributed by atoms with Crippen molar-refractivity contribution in [3.63, 3.8) is 0 Å². The minimum Gasteiger partial charge on any atom is -0.492 e. The molecule has 0 aliphatic carbocycles. The first-order chi connectivity index (χ1) is 6.63. The largest absolute Gasteiger partial charge is 0.492 e. The van der Waals surface area contributed by atoms with Crippen molar-refractivity contribution in [3.05, 3.63) is 28.2 Å². The minimum absolute atomic E-state index is 0.553. The van der Waals surface area contributed by atoms with Crippen LogP contribution in [0.1, 0.15) is 19.4 Å². The Labute approximate surface area is 102 Å². The zero-order valence-electron chi connectivity index (χ0n) is 8.39. The van der Waals surface area contributed by atoms with E-state index in [2.05, 4.69) is 57.8 Å². The topological polar surface area (TPSA) is 9.23 Å². The van der Waals surface area contributed by atoms with Gasteiger partial charge in [0.1, 0.15) is 5.75 Å². The third kappa shape index (κ3) is 3.62. The van der Waals surface area contributed by atoms with Gasteiger partial charge >= 0.3 is 0 Å². The van der Waals surface area contributed by atoms with Crippen molar-refractivity contribution in [2.24, 2.45) is 5.92 Å². The monoisotopic (exact) mass is 320 g/mol. The number of alkyl halides is 1. The molecule has 0 aromatic heterocycles. The van der Waals surface area contributed by atoms with Gasteiger partial charge in [-0.1, -0.05) is 35.8 Å². The molecule has 0 amide bonds. The maximum Gasteiger partial charge on any atom is 0.133 e. The summed E-state index contributed by atoms with van der Waals surface area (Å²) in [6, 6.07) is 6.14. The van der Waals surface area contributed by atoms with Gasteiger partial charge in [-0.15, -0.1) is 0 Å². The molecule has 78 valence electrons. The Morgan fingerprint density at radius 3 is 2.57 bits per heavy atom. The summed E-state index contributed by atoms with van der Waals surface area (Å²) in [4.78, 5) is 0. The molecule has 0 N–H and O–H groups in total. The predicted octanol–water partition coefficient (Wildman–Crippen LogP) is 4.38. The summed E-state index contributed by atoms with van der Waals surface area (Å²) in [5.74, 6) is 1.47. The van der Waals surface area contributed by atoms with Crippen LogP contribution in [0.25, 0.3) is 0 Å². The summed E-state index contributed by atoms with van der Waals surface area (Å²) in [5.41, 5.74) is 1.24. The summed E-state index contributed by atoms with van der Waals surface area (Å²) < 4.78 is 6.66. The molecule has 0 aliphatic rings. The number of ether oxygens (including phenoxy) is 1. The molecule has 0 fully saturated rings. The van der Waals surface area contributed by atoms with Gasteiger partial charge in [0.05, 0.1) is 11.1 Å². The Morgan fingerprint density at radius 2 is 2.07 bits per heavy atom. The molecule has 1 aromatic carbocycles. The van der Waals surface area contributed by atoms with E-state index in [0.29, 0.717) is 5.92 Å². The van der Waals surface area contributed by atoms with E-state index in [0.717, 1.165) is 22.2 Å². The first kappa shape index (κ1) is 12.1. The maximum absolute atomic E-state index is 5.64. The highest BCUT2D eigenvalue weighted by Gasteiger charge is 2.03. The van der Waals surface area contributed by atoms with Crippen LogP contribution in [-0.2, 0) is 5.33 Å². The van der Waals surface area contributed by atoms with Crippen molar-refractivity contribution in [3.8, 4) is 5.75 Å². The van der Waals surface area contributed by atoms with Crippen molar-refractivity contribution in [2.75, 3.05) is 6.61 Å². The third-order valence-electron chi connectivity index (χ3n) is 1.72. The van der Waals surface area contributed by atoms with Gasteiger partial charge in [0.25, 0.3) is 0 Å². The van der Waals surface area contributed by atoms with Crippen LogP contribution in [0.5, 0.6) is 5.75 Å². The Kier molecular flexibility index (Phi) is 4.96. The summed E-state index contributed by atoms with van der Waals surface area (Å²) in [5, 5.41) is 0.871. The van der Waals surface area contributed by atoms with E-state index in [1.165, 1.54) is 5.56 Å². The molecule has 1 rings (SSSR count). The SMILES string of the molecule is CC(C)COc1ccc(CBr)cc1Br. The zero-order valence-corrected chi connectivity index (χ0v) is 11.6. The molecule has 0 atom stereocenters. The number of halogens is 2. The van der Waals surface area contributed by atoms with Crippen LogP contribution in [0, 0.1) is 5.92 Å². The van der Waals surface area contributed by atoms with Crippen LogP contribution >= 0.6 is 31.9 Å². The fourth-order valence-electron chi connectivity index (χ4n) is 1.00. The van der Waals surface area contributed by atoms with E-state index in [-0.39, 0.29) is 0 Å². The zero-order chi connectivity index (χ0) is 10.6. The van der Waals surface area contributed by atoms with Crippen molar-refractivity contribution >= 4 is 31.9 Å². The van der Waals surface area contributed by atoms with E-state index >= 15 is 0 Å². The van der Waals surface area contributed by atoms with Crippen LogP contribution in [-0.4, -0.2) is 6.61 Å². The first-order valence-corrected chi connectivity index (χ1v) is 6.52. The van der Waals surface area contributed by atoms with Gasteiger partial charge in [0.2, 0.25) is 0 Å². The van der Waals surface area contributed by atoms with Gasteiger partial charge in [-0.2, -0.15) is 0 Å². The Hall–Kier alpha value is -0.0200. The van der Waals surface area contributed by atoms with Crippen LogP contribution < -0.4 is 4.74 Å². The van der Waals surface area contributed by atoms with E-state index in [9.17, 15) is 0 Å². The lowest BCUT2D eigenvalue weighted by molar-refractivity contribution is 0.269. The molecule has 1 aromatic rings. The molecule has 0 bridgehead atoms. The van der Waals surface area contributed by atoms with Crippen LogP contribution in [0.4, 0.5) is 0 Å². The maximum atomic E-state index is 5.64. The Morgan fingerprint density at radius 1 is 1.36 bits per heavy atom. The fraction of sp³-hybridized carbons (Fsp3) is 0.455. The van der Waals surface area contributed by atoms with Crippen LogP contribution in [0.15, 0.2) is 22.7 Å². The van der Waals surface area contributed by atoms with Crippen molar-refractivity contribution < 1.29 is 4.74 Å². The second-order valence-corrected chi connectivity index (χ2v) is 5.02.